The average Bonchev–Trinajstić information content (AvgIpc) is 3.11. The van der Waals surface area contributed by atoms with Gasteiger partial charge in [-0.3, -0.25) is 4.79 Å². The van der Waals surface area contributed by atoms with Gasteiger partial charge in [0.1, 0.15) is 5.76 Å². The van der Waals surface area contributed by atoms with Gasteiger partial charge in [0, 0.05) is 22.3 Å². The van der Waals surface area contributed by atoms with Gasteiger partial charge in [0.25, 0.3) is 5.91 Å². The first-order valence-corrected chi connectivity index (χ1v) is 8.07. The number of aliphatic carboxylic acids is 1. The molecule has 1 amide bonds. The third-order valence-corrected chi connectivity index (χ3v) is 3.77. The van der Waals surface area contributed by atoms with Gasteiger partial charge in [-0.1, -0.05) is 23.7 Å². The molecule has 0 fully saturated rings. The van der Waals surface area contributed by atoms with E-state index in [9.17, 15) is 9.59 Å². The van der Waals surface area contributed by atoms with Gasteiger partial charge in [0.15, 0.2) is 5.76 Å². The van der Waals surface area contributed by atoms with E-state index in [1.165, 1.54) is 6.08 Å². The molecule has 5 nitrogen and oxygen atoms in total. The Labute approximate surface area is 154 Å². The lowest BCUT2D eigenvalue weighted by Gasteiger charge is -2.04. The Morgan fingerprint density at radius 1 is 1.04 bits per heavy atom. The number of carboxylic acids is 1. The van der Waals surface area contributed by atoms with Crippen molar-refractivity contribution in [3.8, 4) is 11.3 Å². The van der Waals surface area contributed by atoms with Crippen LogP contribution in [0.5, 0.6) is 0 Å². The molecule has 0 unspecified atom stereocenters. The van der Waals surface area contributed by atoms with E-state index in [0.717, 1.165) is 11.6 Å². The van der Waals surface area contributed by atoms with E-state index in [-0.39, 0.29) is 5.76 Å². The molecule has 3 rings (SSSR count). The summed E-state index contributed by atoms with van der Waals surface area (Å²) in [6, 6.07) is 17.2. The molecule has 1 aromatic heterocycles. The SMILES string of the molecule is O=C(O)C=Cc1cccc(NC(=O)c2ccc(-c3ccc(Cl)cc3)o2)c1. The molecule has 0 aliphatic rings. The fourth-order valence-electron chi connectivity index (χ4n) is 2.31. The summed E-state index contributed by atoms with van der Waals surface area (Å²) < 4.78 is 5.61. The van der Waals surface area contributed by atoms with Gasteiger partial charge in [-0.25, -0.2) is 4.79 Å². The molecule has 2 aromatic carbocycles. The van der Waals surface area contributed by atoms with Gasteiger partial charge >= 0.3 is 5.97 Å². The van der Waals surface area contributed by atoms with Crippen molar-refractivity contribution >= 4 is 35.2 Å². The summed E-state index contributed by atoms with van der Waals surface area (Å²) in [6.45, 7) is 0. The summed E-state index contributed by atoms with van der Waals surface area (Å²) in [5, 5.41) is 12.0. The van der Waals surface area contributed by atoms with Crippen LogP contribution in [0, 0.1) is 0 Å². The predicted molar refractivity (Wildman–Crippen MR) is 100 cm³/mol. The maximum atomic E-state index is 12.4. The van der Waals surface area contributed by atoms with E-state index >= 15 is 0 Å². The zero-order valence-corrected chi connectivity index (χ0v) is 14.2. The van der Waals surface area contributed by atoms with Crippen LogP contribution in [0.3, 0.4) is 0 Å². The van der Waals surface area contributed by atoms with E-state index in [1.54, 1.807) is 60.7 Å². The van der Waals surface area contributed by atoms with Crippen LogP contribution in [0.1, 0.15) is 16.1 Å². The Morgan fingerprint density at radius 2 is 1.81 bits per heavy atom. The number of carbonyl (C=O) groups is 2. The fourth-order valence-corrected chi connectivity index (χ4v) is 2.44. The Bertz CT molecular complexity index is 973. The molecule has 0 atom stereocenters. The minimum atomic E-state index is -1.04. The summed E-state index contributed by atoms with van der Waals surface area (Å²) >= 11 is 5.87. The standard InChI is InChI=1S/C20H14ClNO4/c21-15-7-5-14(6-8-15)17-9-10-18(26-17)20(25)22-16-3-1-2-13(12-16)4-11-19(23)24/h1-12H,(H,22,25)(H,23,24). The number of hydrogen-bond donors (Lipinski definition) is 2. The Balaban J connectivity index is 1.73. The number of furan rings is 1. The first-order valence-electron chi connectivity index (χ1n) is 7.69. The van der Waals surface area contributed by atoms with Crippen LogP contribution in [0.15, 0.2) is 71.2 Å². The smallest absolute Gasteiger partial charge is 0.328 e. The molecule has 0 spiro atoms. The second-order valence-corrected chi connectivity index (χ2v) is 5.86. The van der Waals surface area contributed by atoms with Gasteiger partial charge in [-0.05, 0) is 60.2 Å². The largest absolute Gasteiger partial charge is 0.478 e. The summed E-state index contributed by atoms with van der Waals surface area (Å²) in [5.74, 6) is -0.708. The average molecular weight is 368 g/mol. The molecule has 0 saturated heterocycles. The number of benzene rings is 2. The topological polar surface area (TPSA) is 79.5 Å². The summed E-state index contributed by atoms with van der Waals surface area (Å²) in [7, 11) is 0. The lowest BCUT2D eigenvalue weighted by molar-refractivity contribution is -0.131. The minimum Gasteiger partial charge on any atom is -0.478 e. The lowest BCUT2D eigenvalue weighted by Crippen LogP contribution is -2.10. The van der Waals surface area contributed by atoms with Crippen molar-refractivity contribution < 1.29 is 19.1 Å². The predicted octanol–water partition coefficient (Wildman–Crippen LogP) is 4.95. The number of nitrogens with one attached hydrogen (secondary N) is 1. The molecule has 3 aromatic rings. The van der Waals surface area contributed by atoms with Crippen molar-refractivity contribution in [1.29, 1.82) is 0 Å². The van der Waals surface area contributed by atoms with Crippen LogP contribution in [-0.2, 0) is 4.79 Å². The zero-order valence-electron chi connectivity index (χ0n) is 13.5. The molecule has 2 N–H and O–H groups in total. The summed E-state index contributed by atoms with van der Waals surface area (Å²) in [4.78, 5) is 22.9. The van der Waals surface area contributed by atoms with Crippen LogP contribution in [-0.4, -0.2) is 17.0 Å². The molecule has 130 valence electrons. The van der Waals surface area contributed by atoms with Crippen LogP contribution >= 0.6 is 11.6 Å². The van der Waals surface area contributed by atoms with Crippen LogP contribution in [0.25, 0.3) is 17.4 Å². The number of hydrogen-bond acceptors (Lipinski definition) is 3. The van der Waals surface area contributed by atoms with Crippen molar-refractivity contribution in [3.05, 3.63) is 83.1 Å². The van der Waals surface area contributed by atoms with Crippen LogP contribution < -0.4 is 5.32 Å². The summed E-state index contributed by atoms with van der Waals surface area (Å²) in [5.41, 5.74) is 2.01. The molecule has 0 saturated carbocycles. The van der Waals surface area contributed by atoms with Crippen molar-refractivity contribution in [1.82, 2.24) is 0 Å². The highest BCUT2D eigenvalue weighted by Crippen LogP contribution is 2.24. The monoisotopic (exact) mass is 367 g/mol. The highest BCUT2D eigenvalue weighted by Gasteiger charge is 2.12. The first-order chi connectivity index (χ1) is 12.5. The van der Waals surface area contributed by atoms with Gasteiger partial charge in [0.2, 0.25) is 0 Å². The van der Waals surface area contributed by atoms with Crippen LogP contribution in [0.2, 0.25) is 5.02 Å². The number of anilines is 1. The third-order valence-electron chi connectivity index (χ3n) is 3.52. The molecule has 26 heavy (non-hydrogen) atoms. The Hall–Kier alpha value is -3.31. The van der Waals surface area contributed by atoms with Crippen LogP contribution in [0.4, 0.5) is 5.69 Å². The van der Waals surface area contributed by atoms with E-state index in [0.29, 0.717) is 22.0 Å². The molecule has 0 radical (unpaired) electrons. The van der Waals surface area contributed by atoms with Gasteiger partial charge < -0.3 is 14.8 Å². The lowest BCUT2D eigenvalue weighted by atomic mass is 10.2. The number of amides is 1. The van der Waals surface area contributed by atoms with Crippen molar-refractivity contribution in [2.45, 2.75) is 0 Å². The highest BCUT2D eigenvalue weighted by atomic mass is 35.5. The van der Waals surface area contributed by atoms with E-state index in [1.807, 2.05) is 0 Å². The van der Waals surface area contributed by atoms with Crippen molar-refractivity contribution in [2.75, 3.05) is 5.32 Å². The second-order valence-electron chi connectivity index (χ2n) is 5.42. The quantitative estimate of drug-likeness (QED) is 0.625. The maximum Gasteiger partial charge on any atom is 0.328 e. The number of carbonyl (C=O) groups excluding carboxylic acids is 1. The Morgan fingerprint density at radius 3 is 2.54 bits per heavy atom. The fraction of sp³-hybridized carbons (Fsp3) is 0. The normalized spacial score (nSPS) is 10.8. The second kappa shape index (κ2) is 7.72. The zero-order chi connectivity index (χ0) is 18.5. The van der Waals surface area contributed by atoms with Crippen molar-refractivity contribution in [3.63, 3.8) is 0 Å². The molecular weight excluding hydrogens is 354 g/mol. The number of rotatable bonds is 5. The third kappa shape index (κ3) is 4.40. The van der Waals surface area contributed by atoms with E-state index in [2.05, 4.69) is 5.32 Å². The molecule has 0 bridgehead atoms. The maximum absolute atomic E-state index is 12.4. The molecular formula is C20H14ClNO4. The Kier molecular flexibility index (Phi) is 5.20. The molecule has 0 aliphatic carbocycles. The van der Waals surface area contributed by atoms with E-state index in [4.69, 9.17) is 21.1 Å². The first kappa shape index (κ1) is 17.5. The molecule has 6 heteroatoms. The number of carboxylic acid groups (broad SMARTS) is 1. The van der Waals surface area contributed by atoms with Gasteiger partial charge in [-0.2, -0.15) is 0 Å². The van der Waals surface area contributed by atoms with Gasteiger partial charge in [-0.15, -0.1) is 0 Å². The molecule has 0 aliphatic heterocycles. The number of halogens is 1. The molecule has 1 heterocycles. The highest BCUT2D eigenvalue weighted by molar-refractivity contribution is 6.30. The summed E-state index contributed by atoms with van der Waals surface area (Å²) in [6.07, 6.45) is 2.48. The minimum absolute atomic E-state index is 0.168. The van der Waals surface area contributed by atoms with Crippen molar-refractivity contribution in [2.24, 2.45) is 0 Å². The van der Waals surface area contributed by atoms with Gasteiger partial charge in [0.05, 0.1) is 0 Å². The van der Waals surface area contributed by atoms with E-state index < -0.39 is 11.9 Å².